The van der Waals surface area contributed by atoms with Crippen molar-refractivity contribution in [2.45, 2.75) is 0 Å². The number of nitrogens with zero attached hydrogens (tertiary/aromatic N) is 1. The van der Waals surface area contributed by atoms with Crippen molar-refractivity contribution in [3.63, 3.8) is 0 Å². The normalized spacial score (nSPS) is 28.3. The lowest BCUT2D eigenvalue weighted by molar-refractivity contribution is -0.868. The summed E-state index contributed by atoms with van der Waals surface area (Å²) in [6, 6.07) is 0. The van der Waals surface area contributed by atoms with E-state index in [0.29, 0.717) is 0 Å². The molecule has 0 aliphatic rings. The van der Waals surface area contributed by atoms with E-state index in [1.165, 1.54) is 7.05 Å². The van der Waals surface area contributed by atoms with E-state index in [1.807, 2.05) is 0 Å². The highest BCUT2D eigenvalue weighted by Crippen LogP contribution is 1.83. The van der Waals surface area contributed by atoms with Crippen molar-refractivity contribution in [1.82, 2.24) is 0 Å². The highest BCUT2D eigenvalue weighted by Gasteiger charge is 2.01. The third kappa shape index (κ3) is 5.92. The number of hydrogen-bond donors (Lipinski definition) is 1. The average molecular weight is 109 g/mol. The van der Waals surface area contributed by atoms with E-state index in [0.717, 1.165) is 0 Å². The molecule has 2 heteroatoms. The Labute approximate surface area is 53.9 Å². The van der Waals surface area contributed by atoms with Gasteiger partial charge in [-0.15, -0.1) is 0 Å². The van der Waals surface area contributed by atoms with Gasteiger partial charge in [-0.1, -0.05) is 0 Å². The summed E-state index contributed by atoms with van der Waals surface area (Å²) in [5.74, 6) is 0. The standard InChI is InChI=1S/C5H15N2/c1-7(2,3)5-4-6/h4-6H2,1-3H3/q+1/i1D3,2D3. The summed E-state index contributed by atoms with van der Waals surface area (Å²) >= 11 is 0. The van der Waals surface area contributed by atoms with E-state index >= 15 is 0 Å². The Balaban J connectivity index is 4.96. The summed E-state index contributed by atoms with van der Waals surface area (Å²) in [5, 5.41) is 0. The predicted molar refractivity (Wildman–Crippen MR) is 32.0 cm³/mol. The fraction of sp³-hybridized carbons (Fsp3) is 1.00. The zero-order valence-electron chi connectivity index (χ0n) is 10.4. The van der Waals surface area contributed by atoms with Crippen LogP contribution >= 0.6 is 0 Å². The van der Waals surface area contributed by atoms with Gasteiger partial charge in [0.25, 0.3) is 0 Å². The maximum absolute atomic E-state index is 7.13. The molecule has 0 spiro atoms. The van der Waals surface area contributed by atoms with Crippen molar-refractivity contribution in [3.05, 3.63) is 0 Å². The minimum absolute atomic E-state index is 0.0350. The molecule has 0 aromatic heterocycles. The molecule has 0 aromatic carbocycles. The van der Waals surface area contributed by atoms with Crippen LogP contribution in [0.3, 0.4) is 0 Å². The summed E-state index contributed by atoms with van der Waals surface area (Å²) in [6.45, 7) is -5.18. The van der Waals surface area contributed by atoms with Gasteiger partial charge in [-0.2, -0.15) is 0 Å². The van der Waals surface area contributed by atoms with Gasteiger partial charge in [-0.25, -0.2) is 0 Å². The minimum atomic E-state index is -2.56. The molecule has 0 fully saturated rings. The van der Waals surface area contributed by atoms with E-state index in [-0.39, 0.29) is 13.1 Å². The molecule has 0 unspecified atom stereocenters. The second-order valence-electron chi connectivity index (χ2n) is 1.70. The Hall–Kier alpha value is -0.0800. The van der Waals surface area contributed by atoms with Gasteiger partial charge in [-0.3, -0.25) is 0 Å². The molecular weight excluding hydrogens is 88.1 g/mol. The number of rotatable bonds is 2. The maximum Gasteiger partial charge on any atom is 0.0905 e. The molecular formula is C5H15N2+. The number of nitrogens with two attached hydrogens (primary N) is 1. The zero-order chi connectivity index (χ0) is 10.9. The molecule has 0 bridgehead atoms. The van der Waals surface area contributed by atoms with E-state index in [1.54, 1.807) is 0 Å². The van der Waals surface area contributed by atoms with E-state index in [2.05, 4.69) is 0 Å². The predicted octanol–water partition coefficient (Wildman–Crippen LogP) is -0.349. The van der Waals surface area contributed by atoms with Gasteiger partial charge in [0.2, 0.25) is 0 Å². The van der Waals surface area contributed by atoms with E-state index < -0.39 is 18.4 Å². The van der Waals surface area contributed by atoms with Crippen molar-refractivity contribution in [2.24, 2.45) is 5.73 Å². The molecule has 0 saturated carbocycles. The van der Waals surface area contributed by atoms with Gasteiger partial charge in [0, 0.05) is 6.54 Å². The fourth-order valence-electron chi connectivity index (χ4n) is 0.258. The molecule has 2 N–H and O–H groups in total. The highest BCUT2D eigenvalue weighted by atomic mass is 15.3. The Morgan fingerprint density at radius 3 is 2.43 bits per heavy atom. The SMILES string of the molecule is [2H]C([2H])([2H])[N+](C)(CCN)C([2H])([2H])[2H]. The van der Waals surface area contributed by atoms with Crippen LogP contribution in [0.2, 0.25) is 0 Å². The lowest BCUT2D eigenvalue weighted by Gasteiger charge is -2.22. The number of hydrogen-bond acceptors (Lipinski definition) is 1. The van der Waals surface area contributed by atoms with Gasteiger partial charge in [-0.05, 0) is 0 Å². The van der Waals surface area contributed by atoms with Crippen LogP contribution in [0.1, 0.15) is 8.22 Å². The first-order chi connectivity index (χ1) is 5.56. The zero-order valence-corrected chi connectivity index (χ0v) is 4.44. The van der Waals surface area contributed by atoms with Crippen LogP contribution in [0.4, 0.5) is 0 Å². The highest BCUT2D eigenvalue weighted by molar-refractivity contribution is 4.26. The third-order valence-electron chi connectivity index (χ3n) is 0.576. The number of quaternary nitrogens is 1. The van der Waals surface area contributed by atoms with E-state index in [9.17, 15) is 0 Å². The second-order valence-corrected chi connectivity index (χ2v) is 1.70. The fourth-order valence-corrected chi connectivity index (χ4v) is 0.258. The van der Waals surface area contributed by atoms with Gasteiger partial charge >= 0.3 is 0 Å². The van der Waals surface area contributed by atoms with Crippen LogP contribution in [0.5, 0.6) is 0 Å². The molecule has 2 nitrogen and oxygen atoms in total. The summed E-state index contributed by atoms with van der Waals surface area (Å²) in [5.41, 5.74) is 5.19. The number of likely N-dealkylation sites (N-methyl/N-ethyl adjacent to an activating group) is 1. The molecule has 0 aliphatic heterocycles. The van der Waals surface area contributed by atoms with Crippen molar-refractivity contribution in [2.75, 3.05) is 34.1 Å². The van der Waals surface area contributed by atoms with Gasteiger partial charge in [0.1, 0.15) is 0 Å². The van der Waals surface area contributed by atoms with Gasteiger partial charge < -0.3 is 10.2 Å². The van der Waals surface area contributed by atoms with Crippen LogP contribution in [-0.4, -0.2) is 38.6 Å². The Morgan fingerprint density at radius 2 is 2.29 bits per heavy atom. The second kappa shape index (κ2) is 2.28. The molecule has 0 aliphatic carbocycles. The summed E-state index contributed by atoms with van der Waals surface area (Å²) < 4.78 is 41.8. The van der Waals surface area contributed by atoms with Crippen LogP contribution in [0.15, 0.2) is 0 Å². The van der Waals surface area contributed by atoms with Crippen molar-refractivity contribution < 1.29 is 12.7 Å². The molecule has 7 heavy (non-hydrogen) atoms. The van der Waals surface area contributed by atoms with Crippen molar-refractivity contribution in [3.8, 4) is 0 Å². The maximum atomic E-state index is 7.13. The Bertz CT molecular complexity index is 157. The molecule has 44 valence electrons. The lowest BCUT2D eigenvalue weighted by Crippen LogP contribution is -2.38. The van der Waals surface area contributed by atoms with Crippen LogP contribution in [-0.2, 0) is 0 Å². The first-order valence-corrected chi connectivity index (χ1v) is 2.12. The Morgan fingerprint density at radius 1 is 1.71 bits per heavy atom. The smallest absolute Gasteiger partial charge is 0.0905 e. The summed E-state index contributed by atoms with van der Waals surface area (Å²) in [4.78, 5) is 0. The topological polar surface area (TPSA) is 26.0 Å². The van der Waals surface area contributed by atoms with Crippen molar-refractivity contribution in [1.29, 1.82) is 0 Å². The molecule has 0 amide bonds. The first kappa shape index (κ1) is 1.71. The average Bonchev–Trinajstić information content (AvgIpc) is 1.82. The van der Waals surface area contributed by atoms with Crippen LogP contribution < -0.4 is 5.73 Å². The van der Waals surface area contributed by atoms with E-state index in [4.69, 9.17) is 14.0 Å². The quantitative estimate of drug-likeness (QED) is 0.482. The monoisotopic (exact) mass is 109 g/mol. The summed E-state index contributed by atoms with van der Waals surface area (Å²) in [6.07, 6.45) is 0. The van der Waals surface area contributed by atoms with Crippen LogP contribution in [0.25, 0.3) is 0 Å². The molecule has 0 saturated heterocycles. The van der Waals surface area contributed by atoms with Crippen LogP contribution in [0, 0.1) is 0 Å². The molecule has 0 atom stereocenters. The molecule has 0 rings (SSSR count). The van der Waals surface area contributed by atoms with Gasteiger partial charge in [0.05, 0.1) is 35.8 Å². The van der Waals surface area contributed by atoms with Crippen molar-refractivity contribution >= 4 is 0 Å². The largest absolute Gasteiger partial charge is 0.330 e. The van der Waals surface area contributed by atoms with Gasteiger partial charge in [0.15, 0.2) is 0 Å². The lowest BCUT2D eigenvalue weighted by atomic mass is 10.5. The summed E-state index contributed by atoms with van der Waals surface area (Å²) in [7, 11) is 1.17. The molecule has 0 aromatic rings. The minimum Gasteiger partial charge on any atom is -0.330 e. The molecule has 0 heterocycles. The first-order valence-electron chi connectivity index (χ1n) is 5.12. The Kier molecular flexibility index (Phi) is 0.557. The molecule has 0 radical (unpaired) electrons. The third-order valence-corrected chi connectivity index (χ3v) is 0.576.